The number of hydrogen-bond donors (Lipinski definition) is 0. The highest BCUT2D eigenvalue weighted by Crippen LogP contribution is 2.31. The Bertz CT molecular complexity index is 383. The third-order valence-corrected chi connectivity index (χ3v) is 5.28. The summed E-state index contributed by atoms with van der Waals surface area (Å²) in [6, 6.07) is 6.79. The zero-order valence-corrected chi connectivity index (χ0v) is 15.8. The fraction of sp³-hybridized carbons (Fsp3) is 0.700. The third kappa shape index (κ3) is 8.04. The molecule has 120 valence electrons. The second kappa shape index (κ2) is 11.3. The topological polar surface area (TPSA) is 0 Å². The smallest absolute Gasteiger partial charge is 0.0398 e. The average Bonchev–Trinajstić information content (AvgIpc) is 2.48. The SMILES string of the molecule is CCCCCCCCCCCC(Br)c1cc(C)ccc1C. The van der Waals surface area contributed by atoms with Crippen LogP contribution in [0.2, 0.25) is 0 Å². The van der Waals surface area contributed by atoms with Gasteiger partial charge in [0.25, 0.3) is 0 Å². The maximum Gasteiger partial charge on any atom is 0.0398 e. The van der Waals surface area contributed by atoms with E-state index in [0.717, 1.165) is 0 Å². The first-order valence-corrected chi connectivity index (χ1v) is 9.78. The van der Waals surface area contributed by atoms with Crippen molar-refractivity contribution in [1.82, 2.24) is 0 Å². The Morgan fingerprint density at radius 1 is 0.857 bits per heavy atom. The molecule has 1 unspecified atom stereocenters. The molecule has 1 aromatic carbocycles. The first-order valence-electron chi connectivity index (χ1n) is 8.86. The van der Waals surface area contributed by atoms with Crippen molar-refractivity contribution < 1.29 is 0 Å². The van der Waals surface area contributed by atoms with Gasteiger partial charge >= 0.3 is 0 Å². The lowest BCUT2D eigenvalue weighted by atomic mass is 9.99. The zero-order valence-electron chi connectivity index (χ0n) is 14.3. The molecule has 0 radical (unpaired) electrons. The van der Waals surface area contributed by atoms with Gasteiger partial charge in [-0.25, -0.2) is 0 Å². The zero-order chi connectivity index (χ0) is 15.5. The van der Waals surface area contributed by atoms with Crippen molar-refractivity contribution in [3.8, 4) is 0 Å². The molecular formula is C20H33Br. The molecule has 0 spiro atoms. The van der Waals surface area contributed by atoms with Gasteiger partial charge in [-0.15, -0.1) is 0 Å². The summed E-state index contributed by atoms with van der Waals surface area (Å²) in [6.07, 6.45) is 13.9. The molecule has 0 aliphatic rings. The summed E-state index contributed by atoms with van der Waals surface area (Å²) in [5.41, 5.74) is 4.26. The second-order valence-electron chi connectivity index (χ2n) is 6.44. The van der Waals surface area contributed by atoms with Gasteiger partial charge in [-0.1, -0.05) is 104 Å². The van der Waals surface area contributed by atoms with Gasteiger partial charge in [0, 0.05) is 4.83 Å². The molecule has 0 saturated carbocycles. The van der Waals surface area contributed by atoms with Crippen molar-refractivity contribution in [2.75, 3.05) is 0 Å². The fourth-order valence-electron chi connectivity index (χ4n) is 2.89. The van der Waals surface area contributed by atoms with Crippen molar-refractivity contribution in [2.45, 2.75) is 89.8 Å². The summed E-state index contributed by atoms with van der Waals surface area (Å²) in [5.74, 6) is 0. The summed E-state index contributed by atoms with van der Waals surface area (Å²) >= 11 is 3.88. The van der Waals surface area contributed by atoms with E-state index in [1.165, 1.54) is 80.9 Å². The van der Waals surface area contributed by atoms with Gasteiger partial charge in [-0.3, -0.25) is 0 Å². The maximum absolute atomic E-state index is 3.88. The maximum atomic E-state index is 3.88. The average molecular weight is 353 g/mol. The number of hydrogen-bond acceptors (Lipinski definition) is 0. The van der Waals surface area contributed by atoms with Crippen LogP contribution in [0.1, 0.15) is 92.6 Å². The molecule has 0 saturated heterocycles. The van der Waals surface area contributed by atoms with Crippen LogP contribution in [0.15, 0.2) is 18.2 Å². The van der Waals surface area contributed by atoms with E-state index in [1.54, 1.807) is 0 Å². The first kappa shape index (κ1) is 18.7. The summed E-state index contributed by atoms with van der Waals surface area (Å²) in [4.78, 5) is 0.530. The van der Waals surface area contributed by atoms with Crippen LogP contribution in [-0.2, 0) is 0 Å². The molecule has 0 aliphatic carbocycles. The van der Waals surface area contributed by atoms with Crippen molar-refractivity contribution in [1.29, 1.82) is 0 Å². The van der Waals surface area contributed by atoms with E-state index in [-0.39, 0.29) is 0 Å². The van der Waals surface area contributed by atoms with Gasteiger partial charge in [0.2, 0.25) is 0 Å². The molecule has 0 aromatic heterocycles. The van der Waals surface area contributed by atoms with Crippen molar-refractivity contribution in [3.05, 3.63) is 34.9 Å². The standard InChI is InChI=1S/C20H33Br/c1-4-5-6-7-8-9-10-11-12-13-20(21)19-16-17(2)14-15-18(19)3/h14-16,20H,4-13H2,1-3H3. The fourth-order valence-corrected chi connectivity index (χ4v) is 3.70. The number of rotatable bonds is 11. The minimum absolute atomic E-state index is 0.530. The van der Waals surface area contributed by atoms with E-state index in [0.29, 0.717) is 4.83 Å². The molecule has 0 aliphatic heterocycles. The number of alkyl halides is 1. The van der Waals surface area contributed by atoms with Crippen LogP contribution in [0.25, 0.3) is 0 Å². The van der Waals surface area contributed by atoms with E-state index in [1.807, 2.05) is 0 Å². The molecule has 0 fully saturated rings. The lowest BCUT2D eigenvalue weighted by Crippen LogP contribution is -1.95. The van der Waals surface area contributed by atoms with Gasteiger partial charge in [0.05, 0.1) is 0 Å². The molecule has 1 rings (SSSR count). The van der Waals surface area contributed by atoms with E-state index >= 15 is 0 Å². The Balaban J connectivity index is 2.11. The van der Waals surface area contributed by atoms with E-state index < -0.39 is 0 Å². The predicted octanol–water partition coefficient (Wildman–Crippen LogP) is 7.66. The summed E-state index contributed by atoms with van der Waals surface area (Å²) in [5, 5.41) is 0. The molecule has 0 nitrogen and oxygen atoms in total. The monoisotopic (exact) mass is 352 g/mol. The predicted molar refractivity (Wildman–Crippen MR) is 99.4 cm³/mol. The minimum Gasteiger partial charge on any atom is -0.0839 e. The van der Waals surface area contributed by atoms with Crippen molar-refractivity contribution >= 4 is 15.9 Å². The van der Waals surface area contributed by atoms with Crippen LogP contribution >= 0.6 is 15.9 Å². The van der Waals surface area contributed by atoms with Crippen molar-refractivity contribution in [3.63, 3.8) is 0 Å². The molecule has 1 atom stereocenters. The Hall–Kier alpha value is -0.300. The molecule has 0 N–H and O–H groups in total. The molecule has 1 heteroatoms. The van der Waals surface area contributed by atoms with E-state index in [4.69, 9.17) is 0 Å². The van der Waals surface area contributed by atoms with Gasteiger partial charge < -0.3 is 0 Å². The lowest BCUT2D eigenvalue weighted by Gasteiger charge is -2.14. The van der Waals surface area contributed by atoms with Gasteiger partial charge in [0.15, 0.2) is 0 Å². The summed E-state index contributed by atoms with van der Waals surface area (Å²) in [7, 11) is 0. The summed E-state index contributed by atoms with van der Waals surface area (Å²) < 4.78 is 0. The second-order valence-corrected chi connectivity index (χ2v) is 7.55. The minimum atomic E-state index is 0.530. The normalized spacial score (nSPS) is 12.6. The number of halogens is 1. The number of unbranched alkanes of at least 4 members (excludes halogenated alkanes) is 8. The molecule has 0 amide bonds. The quantitative estimate of drug-likeness (QED) is 0.283. The Morgan fingerprint density at radius 2 is 1.43 bits per heavy atom. The molecule has 0 bridgehead atoms. The number of aryl methyl sites for hydroxylation is 2. The van der Waals surface area contributed by atoms with Crippen LogP contribution in [0, 0.1) is 13.8 Å². The molecule has 0 heterocycles. The summed E-state index contributed by atoms with van der Waals surface area (Å²) in [6.45, 7) is 6.69. The molecular weight excluding hydrogens is 320 g/mol. The van der Waals surface area contributed by atoms with Gasteiger partial charge in [-0.05, 0) is 31.4 Å². The Kier molecular flexibility index (Phi) is 10.1. The van der Waals surface area contributed by atoms with E-state index in [9.17, 15) is 0 Å². The van der Waals surface area contributed by atoms with E-state index in [2.05, 4.69) is 54.9 Å². The van der Waals surface area contributed by atoms with Crippen molar-refractivity contribution in [2.24, 2.45) is 0 Å². The van der Waals surface area contributed by atoms with Crippen LogP contribution in [0.5, 0.6) is 0 Å². The Labute approximate surface area is 140 Å². The van der Waals surface area contributed by atoms with Gasteiger partial charge in [0.1, 0.15) is 0 Å². The third-order valence-electron chi connectivity index (χ3n) is 4.33. The molecule has 21 heavy (non-hydrogen) atoms. The Morgan fingerprint density at radius 3 is 2.05 bits per heavy atom. The first-order chi connectivity index (χ1) is 10.1. The van der Waals surface area contributed by atoms with Gasteiger partial charge in [-0.2, -0.15) is 0 Å². The van der Waals surface area contributed by atoms with Crippen LogP contribution in [-0.4, -0.2) is 0 Å². The van der Waals surface area contributed by atoms with Crippen LogP contribution in [0.3, 0.4) is 0 Å². The highest BCUT2D eigenvalue weighted by molar-refractivity contribution is 9.09. The lowest BCUT2D eigenvalue weighted by molar-refractivity contribution is 0.555. The largest absolute Gasteiger partial charge is 0.0839 e. The van der Waals surface area contributed by atoms with Crippen LogP contribution < -0.4 is 0 Å². The van der Waals surface area contributed by atoms with Crippen LogP contribution in [0.4, 0.5) is 0 Å². The molecule has 1 aromatic rings. The highest BCUT2D eigenvalue weighted by Gasteiger charge is 2.10. The number of benzene rings is 1. The highest BCUT2D eigenvalue weighted by atomic mass is 79.9.